The molecule has 3 N–H and O–H groups in total. The van der Waals surface area contributed by atoms with Gasteiger partial charge >= 0.3 is 5.97 Å². The van der Waals surface area contributed by atoms with Crippen LogP contribution in [0.25, 0.3) is 0 Å². The third-order valence-corrected chi connectivity index (χ3v) is 1.95. The highest BCUT2D eigenvalue weighted by Gasteiger charge is 2.15. The Balaban J connectivity index is 2.65. The van der Waals surface area contributed by atoms with E-state index in [-0.39, 0.29) is 11.5 Å². The Morgan fingerprint density at radius 3 is 2.79 bits per heavy atom. The van der Waals surface area contributed by atoms with Crippen molar-refractivity contribution in [2.45, 2.75) is 32.7 Å². The maximum atomic E-state index is 10.6. The van der Waals surface area contributed by atoms with Gasteiger partial charge in [-0.3, -0.25) is 0 Å². The van der Waals surface area contributed by atoms with Crippen LogP contribution in [0.4, 0.5) is 5.82 Å². The average molecular weight is 198 g/mol. The summed E-state index contributed by atoms with van der Waals surface area (Å²) in [7, 11) is 0. The van der Waals surface area contributed by atoms with E-state index in [2.05, 4.69) is 17.2 Å². The van der Waals surface area contributed by atoms with Crippen molar-refractivity contribution in [1.29, 1.82) is 0 Å². The van der Waals surface area contributed by atoms with Gasteiger partial charge in [-0.25, -0.2) is 9.48 Å². The number of nitrogens with zero attached hydrogens (tertiary/aromatic N) is 3. The van der Waals surface area contributed by atoms with Crippen molar-refractivity contribution in [1.82, 2.24) is 15.0 Å². The molecule has 14 heavy (non-hydrogen) atoms. The van der Waals surface area contributed by atoms with Gasteiger partial charge in [0.05, 0.1) is 0 Å². The van der Waals surface area contributed by atoms with E-state index in [4.69, 9.17) is 10.8 Å². The molecule has 78 valence electrons. The molecule has 1 rings (SSSR count). The van der Waals surface area contributed by atoms with Crippen LogP contribution in [0.15, 0.2) is 0 Å². The van der Waals surface area contributed by atoms with Gasteiger partial charge < -0.3 is 10.8 Å². The van der Waals surface area contributed by atoms with Gasteiger partial charge in [-0.1, -0.05) is 25.0 Å². The maximum absolute atomic E-state index is 10.6. The standard InChI is InChI=1S/C8H14N4O2/c1-2-3-4-5-12-7(9)6(8(13)14)10-11-12/h2-5,9H2,1H3,(H,13,14). The molecule has 0 aromatic carbocycles. The molecule has 0 radical (unpaired) electrons. The zero-order valence-corrected chi connectivity index (χ0v) is 8.10. The maximum Gasteiger partial charge on any atom is 0.360 e. The minimum Gasteiger partial charge on any atom is -0.476 e. The predicted molar refractivity (Wildman–Crippen MR) is 50.9 cm³/mol. The Kier molecular flexibility index (Phi) is 3.44. The Morgan fingerprint density at radius 2 is 2.29 bits per heavy atom. The van der Waals surface area contributed by atoms with E-state index >= 15 is 0 Å². The topological polar surface area (TPSA) is 94.0 Å². The second-order valence-corrected chi connectivity index (χ2v) is 3.06. The van der Waals surface area contributed by atoms with Crippen LogP contribution < -0.4 is 5.73 Å². The number of nitrogens with two attached hydrogens (primary N) is 1. The third kappa shape index (κ3) is 2.21. The average Bonchev–Trinajstić information content (AvgIpc) is 2.48. The fourth-order valence-corrected chi connectivity index (χ4v) is 1.15. The lowest BCUT2D eigenvalue weighted by atomic mass is 10.2. The number of aromatic nitrogens is 3. The lowest BCUT2D eigenvalue weighted by Gasteiger charge is -2.01. The van der Waals surface area contributed by atoms with Crippen LogP contribution in [0.2, 0.25) is 0 Å². The summed E-state index contributed by atoms with van der Waals surface area (Å²) in [6, 6.07) is 0. The van der Waals surface area contributed by atoms with Crippen LogP contribution in [0, 0.1) is 0 Å². The quantitative estimate of drug-likeness (QED) is 0.681. The van der Waals surface area contributed by atoms with Crippen molar-refractivity contribution in [3.8, 4) is 0 Å². The van der Waals surface area contributed by atoms with E-state index in [1.165, 1.54) is 4.68 Å². The third-order valence-electron chi connectivity index (χ3n) is 1.95. The number of carbonyl (C=O) groups is 1. The number of carboxylic acids is 1. The lowest BCUT2D eigenvalue weighted by molar-refractivity contribution is 0.0691. The van der Waals surface area contributed by atoms with Crippen molar-refractivity contribution >= 4 is 11.8 Å². The van der Waals surface area contributed by atoms with Crippen LogP contribution >= 0.6 is 0 Å². The molecule has 0 amide bonds. The van der Waals surface area contributed by atoms with Crippen LogP contribution in [-0.4, -0.2) is 26.1 Å². The SMILES string of the molecule is CCCCCn1nnc(C(=O)O)c1N. The number of aromatic carboxylic acids is 1. The van der Waals surface area contributed by atoms with E-state index in [1.54, 1.807) is 0 Å². The zero-order valence-electron chi connectivity index (χ0n) is 8.10. The minimum absolute atomic E-state index is 0.133. The molecule has 0 aliphatic heterocycles. The minimum atomic E-state index is -1.13. The smallest absolute Gasteiger partial charge is 0.360 e. The molecule has 6 nitrogen and oxygen atoms in total. The number of anilines is 1. The number of hydrogen-bond donors (Lipinski definition) is 2. The number of hydrogen-bond acceptors (Lipinski definition) is 4. The van der Waals surface area contributed by atoms with E-state index in [9.17, 15) is 4.79 Å². The monoisotopic (exact) mass is 198 g/mol. The summed E-state index contributed by atoms with van der Waals surface area (Å²) in [5.74, 6) is -1.00. The highest BCUT2D eigenvalue weighted by Crippen LogP contribution is 2.08. The van der Waals surface area contributed by atoms with Crippen molar-refractivity contribution < 1.29 is 9.90 Å². The van der Waals surface area contributed by atoms with Gasteiger partial charge in [0.1, 0.15) is 0 Å². The Bertz CT molecular complexity index is 321. The molecule has 1 heterocycles. The molecule has 1 aromatic heterocycles. The number of rotatable bonds is 5. The van der Waals surface area contributed by atoms with Gasteiger partial charge in [-0.2, -0.15) is 0 Å². The number of unbranched alkanes of at least 4 members (excludes halogenated alkanes) is 2. The molecule has 0 atom stereocenters. The van der Waals surface area contributed by atoms with Crippen molar-refractivity contribution in [2.75, 3.05) is 5.73 Å². The van der Waals surface area contributed by atoms with E-state index in [1.807, 2.05) is 0 Å². The van der Waals surface area contributed by atoms with Gasteiger partial charge in [-0.05, 0) is 6.42 Å². The van der Waals surface area contributed by atoms with Crippen molar-refractivity contribution in [2.24, 2.45) is 0 Å². The Labute approximate surface area is 81.7 Å². The Hall–Kier alpha value is -1.59. The molecule has 0 aliphatic carbocycles. The molecular formula is C8H14N4O2. The van der Waals surface area contributed by atoms with E-state index in [0.29, 0.717) is 6.54 Å². The molecular weight excluding hydrogens is 184 g/mol. The van der Waals surface area contributed by atoms with Gasteiger partial charge in [-0.15, -0.1) is 5.10 Å². The van der Waals surface area contributed by atoms with Crippen LogP contribution in [0.5, 0.6) is 0 Å². The Morgan fingerprint density at radius 1 is 1.57 bits per heavy atom. The largest absolute Gasteiger partial charge is 0.476 e. The second kappa shape index (κ2) is 4.59. The molecule has 0 fully saturated rings. The van der Waals surface area contributed by atoms with Gasteiger partial charge in [0.25, 0.3) is 0 Å². The van der Waals surface area contributed by atoms with E-state index < -0.39 is 5.97 Å². The van der Waals surface area contributed by atoms with Crippen LogP contribution in [0.1, 0.15) is 36.7 Å². The fraction of sp³-hybridized carbons (Fsp3) is 0.625. The lowest BCUT2D eigenvalue weighted by Crippen LogP contribution is -2.07. The van der Waals surface area contributed by atoms with Gasteiger partial charge in [0.2, 0.25) is 5.69 Å². The van der Waals surface area contributed by atoms with Crippen molar-refractivity contribution in [3.63, 3.8) is 0 Å². The summed E-state index contributed by atoms with van der Waals surface area (Å²) in [5.41, 5.74) is 5.38. The zero-order chi connectivity index (χ0) is 10.6. The van der Waals surface area contributed by atoms with Gasteiger partial charge in [0, 0.05) is 6.54 Å². The van der Waals surface area contributed by atoms with E-state index in [0.717, 1.165) is 19.3 Å². The molecule has 0 spiro atoms. The predicted octanol–water partition coefficient (Wildman–Crippen LogP) is 0.749. The summed E-state index contributed by atoms with van der Waals surface area (Å²) in [6.45, 7) is 2.72. The first kappa shape index (κ1) is 10.5. The summed E-state index contributed by atoms with van der Waals surface area (Å²) in [6.07, 6.45) is 3.10. The molecule has 0 bridgehead atoms. The number of aryl methyl sites for hydroxylation is 1. The highest BCUT2D eigenvalue weighted by atomic mass is 16.4. The van der Waals surface area contributed by atoms with Crippen LogP contribution in [-0.2, 0) is 6.54 Å². The summed E-state index contributed by atoms with van der Waals surface area (Å²) >= 11 is 0. The van der Waals surface area contributed by atoms with Crippen LogP contribution in [0.3, 0.4) is 0 Å². The molecule has 1 aromatic rings. The first-order chi connectivity index (χ1) is 6.66. The molecule has 6 heteroatoms. The molecule has 0 aliphatic rings. The summed E-state index contributed by atoms with van der Waals surface area (Å²) < 4.78 is 1.43. The molecule has 0 saturated carbocycles. The number of nitrogen functional groups attached to an aromatic ring is 1. The summed E-state index contributed by atoms with van der Waals surface area (Å²) in [4.78, 5) is 10.6. The molecule has 0 unspecified atom stereocenters. The summed E-state index contributed by atoms with van der Waals surface area (Å²) in [5, 5.41) is 15.8. The first-order valence-electron chi connectivity index (χ1n) is 4.59. The highest BCUT2D eigenvalue weighted by molar-refractivity contribution is 5.90. The fourth-order valence-electron chi connectivity index (χ4n) is 1.15. The normalized spacial score (nSPS) is 10.4. The second-order valence-electron chi connectivity index (χ2n) is 3.06. The van der Waals surface area contributed by atoms with Crippen molar-refractivity contribution in [3.05, 3.63) is 5.69 Å². The molecule has 0 saturated heterocycles. The van der Waals surface area contributed by atoms with Gasteiger partial charge in [0.15, 0.2) is 5.82 Å². The number of carboxylic acid groups (broad SMARTS) is 1. The first-order valence-corrected chi connectivity index (χ1v) is 4.59.